The predicted octanol–water partition coefficient (Wildman–Crippen LogP) is 1.63. The summed E-state index contributed by atoms with van der Waals surface area (Å²) in [6.45, 7) is 6.29. The molecule has 0 fully saturated rings. The van der Waals surface area contributed by atoms with Crippen LogP contribution in [0.2, 0.25) is 0 Å². The topological polar surface area (TPSA) is 79.5 Å². The summed E-state index contributed by atoms with van der Waals surface area (Å²) in [6.07, 6.45) is 0.736. The van der Waals surface area contributed by atoms with Crippen LogP contribution in [0, 0.1) is 0 Å². The fourth-order valence-electron chi connectivity index (χ4n) is 1.66. The second kappa shape index (κ2) is 6.76. The molecule has 0 aliphatic heterocycles. The maximum atomic E-state index is 11.9. The zero-order chi connectivity index (χ0) is 15.5. The lowest BCUT2D eigenvalue weighted by Gasteiger charge is -2.15. The summed E-state index contributed by atoms with van der Waals surface area (Å²) in [4.78, 5) is 16.9. The summed E-state index contributed by atoms with van der Waals surface area (Å²) in [6, 6.07) is 1.52. The van der Waals surface area contributed by atoms with Gasteiger partial charge in [-0.25, -0.2) is 4.98 Å². The lowest BCUT2D eigenvalue weighted by molar-refractivity contribution is 0.107. The number of hydrogen-bond acceptors (Lipinski definition) is 7. The molecule has 0 radical (unpaired) electrons. The van der Waals surface area contributed by atoms with E-state index in [9.17, 15) is 9.90 Å². The van der Waals surface area contributed by atoms with Crippen molar-refractivity contribution in [1.29, 1.82) is 0 Å². The Morgan fingerprint density at radius 3 is 2.95 bits per heavy atom. The quantitative estimate of drug-likeness (QED) is 0.752. The molecule has 2 aromatic heterocycles. The van der Waals surface area contributed by atoms with Crippen molar-refractivity contribution in [2.45, 2.75) is 32.8 Å². The van der Waals surface area contributed by atoms with Gasteiger partial charge in [-0.05, 0) is 20.3 Å². The third-order valence-electron chi connectivity index (χ3n) is 2.64. The van der Waals surface area contributed by atoms with Crippen LogP contribution in [0.3, 0.4) is 0 Å². The second-order valence-electron chi connectivity index (χ2n) is 5.33. The van der Waals surface area contributed by atoms with Crippen molar-refractivity contribution < 1.29 is 5.11 Å². The number of fused-ring (bicyclic) bond motifs is 1. The Bertz CT molecular complexity index is 660. The van der Waals surface area contributed by atoms with E-state index in [-0.39, 0.29) is 5.56 Å². The molecule has 0 bridgehead atoms. The largest absolute Gasteiger partial charge is 0.390 e. The van der Waals surface area contributed by atoms with Gasteiger partial charge in [0.1, 0.15) is 0 Å². The summed E-state index contributed by atoms with van der Waals surface area (Å²) in [5.41, 5.74) is 0.00222. The predicted molar refractivity (Wildman–Crippen MR) is 88.6 cm³/mol. The molecular weight excluding hydrogens is 308 g/mol. The Labute approximate surface area is 131 Å². The van der Waals surface area contributed by atoms with Gasteiger partial charge in [0, 0.05) is 29.8 Å². The van der Waals surface area contributed by atoms with Gasteiger partial charge >= 0.3 is 0 Å². The average Bonchev–Trinajstić information content (AvgIpc) is 2.80. The van der Waals surface area contributed by atoms with Crippen LogP contribution in [-0.4, -0.2) is 43.4 Å². The molecular formula is C13H20N4O2S2. The highest BCUT2D eigenvalue weighted by atomic mass is 32.2. The van der Waals surface area contributed by atoms with Crippen molar-refractivity contribution in [1.82, 2.24) is 14.6 Å². The Hall–Kier alpha value is -1.12. The van der Waals surface area contributed by atoms with Gasteiger partial charge < -0.3 is 10.4 Å². The molecule has 0 aliphatic rings. The van der Waals surface area contributed by atoms with E-state index in [1.54, 1.807) is 25.6 Å². The molecule has 0 saturated heterocycles. The highest BCUT2D eigenvalue weighted by Gasteiger charge is 2.12. The van der Waals surface area contributed by atoms with Gasteiger partial charge in [0.25, 0.3) is 5.56 Å². The first-order valence-corrected chi connectivity index (χ1v) is 8.80. The van der Waals surface area contributed by atoms with E-state index >= 15 is 0 Å². The number of nitrogens with zero attached hydrogens (tertiary/aromatic N) is 3. The van der Waals surface area contributed by atoms with E-state index in [0.29, 0.717) is 15.8 Å². The van der Waals surface area contributed by atoms with Gasteiger partial charge in [0.2, 0.25) is 10.1 Å². The maximum Gasteiger partial charge on any atom is 0.275 e. The van der Waals surface area contributed by atoms with Crippen LogP contribution in [0.4, 0.5) is 5.13 Å². The first-order valence-electron chi connectivity index (χ1n) is 6.83. The molecule has 116 valence electrons. The van der Waals surface area contributed by atoms with Crippen molar-refractivity contribution in [3.8, 4) is 0 Å². The van der Waals surface area contributed by atoms with Crippen LogP contribution in [-0.2, 0) is 6.42 Å². The minimum atomic E-state index is -0.645. The van der Waals surface area contributed by atoms with Crippen LogP contribution in [0.5, 0.6) is 0 Å². The Balaban J connectivity index is 1.94. The second-order valence-corrected chi connectivity index (χ2v) is 7.39. The smallest absolute Gasteiger partial charge is 0.275 e. The zero-order valence-corrected chi connectivity index (χ0v) is 14.1. The fourth-order valence-corrected chi connectivity index (χ4v) is 3.40. The normalized spacial score (nSPS) is 12.0. The number of anilines is 1. The third kappa shape index (κ3) is 4.69. The van der Waals surface area contributed by atoms with E-state index in [0.717, 1.165) is 24.4 Å². The number of nitrogens with one attached hydrogen (secondary N) is 1. The van der Waals surface area contributed by atoms with Crippen molar-refractivity contribution in [2.75, 3.05) is 23.4 Å². The van der Waals surface area contributed by atoms with Crippen LogP contribution < -0.4 is 10.9 Å². The number of aromatic nitrogens is 3. The van der Waals surface area contributed by atoms with E-state index < -0.39 is 5.60 Å². The van der Waals surface area contributed by atoms with Crippen molar-refractivity contribution >= 4 is 33.2 Å². The fraction of sp³-hybridized carbons (Fsp3) is 0.615. The molecule has 0 spiro atoms. The third-order valence-corrected chi connectivity index (χ3v) is 4.91. The first kappa shape index (κ1) is 16.3. The molecule has 0 aromatic carbocycles. The molecule has 2 aromatic rings. The van der Waals surface area contributed by atoms with E-state index in [1.807, 2.05) is 6.92 Å². The van der Waals surface area contributed by atoms with Crippen molar-refractivity contribution in [3.63, 3.8) is 0 Å². The Kier molecular flexibility index (Phi) is 5.23. The molecule has 0 amide bonds. The SMILES string of the molecule is CCc1cc(=O)n2nc(NCCSCC(C)(C)O)sc2n1. The van der Waals surface area contributed by atoms with E-state index in [1.165, 1.54) is 21.9 Å². The number of rotatable bonds is 7. The molecule has 0 atom stereocenters. The summed E-state index contributed by atoms with van der Waals surface area (Å²) in [7, 11) is 0. The van der Waals surface area contributed by atoms with Crippen LogP contribution in [0.15, 0.2) is 10.9 Å². The van der Waals surface area contributed by atoms with Crippen molar-refractivity contribution in [3.05, 3.63) is 22.1 Å². The Morgan fingerprint density at radius 2 is 2.29 bits per heavy atom. The molecule has 2 heterocycles. The van der Waals surface area contributed by atoms with Crippen LogP contribution in [0.1, 0.15) is 26.5 Å². The summed E-state index contributed by atoms with van der Waals surface area (Å²) < 4.78 is 1.33. The lowest BCUT2D eigenvalue weighted by atomic mass is 10.2. The summed E-state index contributed by atoms with van der Waals surface area (Å²) in [5.74, 6) is 1.55. The summed E-state index contributed by atoms with van der Waals surface area (Å²) in [5, 5.41) is 17.7. The molecule has 8 heteroatoms. The molecule has 0 saturated carbocycles. The molecule has 2 N–H and O–H groups in total. The van der Waals surface area contributed by atoms with Gasteiger partial charge in [0.05, 0.1) is 5.60 Å². The van der Waals surface area contributed by atoms with Crippen molar-refractivity contribution in [2.24, 2.45) is 0 Å². The van der Waals surface area contributed by atoms with Gasteiger partial charge in [0.15, 0.2) is 0 Å². The molecule has 0 aliphatic carbocycles. The van der Waals surface area contributed by atoms with Gasteiger partial charge in [-0.2, -0.15) is 16.3 Å². The first-order chi connectivity index (χ1) is 9.89. The van der Waals surface area contributed by atoms with Gasteiger partial charge in [-0.15, -0.1) is 5.10 Å². The number of aliphatic hydroxyl groups is 1. The highest BCUT2D eigenvalue weighted by Crippen LogP contribution is 2.17. The highest BCUT2D eigenvalue weighted by molar-refractivity contribution is 7.99. The van der Waals surface area contributed by atoms with Crippen LogP contribution in [0.25, 0.3) is 4.96 Å². The van der Waals surface area contributed by atoms with E-state index in [2.05, 4.69) is 15.4 Å². The Morgan fingerprint density at radius 1 is 1.52 bits per heavy atom. The lowest BCUT2D eigenvalue weighted by Crippen LogP contribution is -2.22. The van der Waals surface area contributed by atoms with Crippen LogP contribution >= 0.6 is 23.1 Å². The minimum Gasteiger partial charge on any atom is -0.390 e. The molecule has 21 heavy (non-hydrogen) atoms. The molecule has 0 unspecified atom stereocenters. The minimum absolute atomic E-state index is 0.141. The summed E-state index contributed by atoms with van der Waals surface area (Å²) >= 11 is 3.05. The standard InChI is InChI=1S/C13H20N4O2S2/c1-4-9-7-10(18)17-12(15-9)21-11(16-17)14-5-6-20-8-13(2,3)19/h7,19H,4-6,8H2,1-3H3,(H,14,16). The zero-order valence-electron chi connectivity index (χ0n) is 12.4. The van der Waals surface area contributed by atoms with Gasteiger partial charge in [-0.1, -0.05) is 18.3 Å². The molecule has 2 rings (SSSR count). The number of hydrogen-bond donors (Lipinski definition) is 2. The van der Waals surface area contributed by atoms with E-state index in [4.69, 9.17) is 0 Å². The monoisotopic (exact) mass is 328 g/mol. The molecule has 6 nitrogen and oxygen atoms in total. The average molecular weight is 328 g/mol. The maximum absolute atomic E-state index is 11.9. The number of aryl methyl sites for hydroxylation is 1. The van der Waals surface area contributed by atoms with Gasteiger partial charge in [-0.3, -0.25) is 4.79 Å². The number of thioether (sulfide) groups is 1.